The Kier molecular flexibility index (Phi) is 5.22. The molecule has 0 unspecified atom stereocenters. The molecular weight excluding hydrogens is 394 g/mol. The van der Waals surface area contributed by atoms with E-state index in [1.165, 1.54) is 18.3 Å². The molecule has 1 aromatic carbocycles. The molecule has 0 spiro atoms. The molecule has 1 aliphatic rings. The van der Waals surface area contributed by atoms with Crippen LogP contribution in [0.5, 0.6) is 11.5 Å². The molecule has 0 fully saturated rings. The van der Waals surface area contributed by atoms with E-state index in [0.29, 0.717) is 58.2 Å². The zero-order valence-electron chi connectivity index (χ0n) is 15.9. The second kappa shape index (κ2) is 7.96. The number of hydrogen-bond donors (Lipinski definition) is 2. The van der Waals surface area contributed by atoms with Crippen LogP contribution in [0.1, 0.15) is 28.0 Å². The van der Waals surface area contributed by atoms with Crippen LogP contribution in [0.25, 0.3) is 11.5 Å². The van der Waals surface area contributed by atoms with E-state index in [9.17, 15) is 9.59 Å². The summed E-state index contributed by atoms with van der Waals surface area (Å²) < 4.78 is 16.8. The van der Waals surface area contributed by atoms with Crippen LogP contribution in [0, 0.1) is 6.92 Å². The maximum Gasteiger partial charge on any atom is 0.265 e. The monoisotopic (exact) mass is 413 g/mol. The molecule has 8 nitrogen and oxygen atoms in total. The topological polar surface area (TPSA) is 103 Å². The van der Waals surface area contributed by atoms with Crippen molar-refractivity contribution in [3.63, 3.8) is 0 Å². The highest BCUT2D eigenvalue weighted by molar-refractivity contribution is 7.12. The highest BCUT2D eigenvalue weighted by Crippen LogP contribution is 2.39. The van der Waals surface area contributed by atoms with Gasteiger partial charge in [0.2, 0.25) is 11.8 Å². The van der Waals surface area contributed by atoms with Gasteiger partial charge in [0, 0.05) is 12.3 Å². The van der Waals surface area contributed by atoms with Gasteiger partial charge in [-0.1, -0.05) is 12.1 Å². The van der Waals surface area contributed by atoms with Crippen LogP contribution in [0.2, 0.25) is 0 Å². The van der Waals surface area contributed by atoms with Crippen LogP contribution < -0.4 is 20.1 Å². The standard InChI is InChI=1S/C20H19N3O5S/c1-11-15(9-21-19(25)18-17-16(10-29-18)26-7-8-27-17)23-20(28-11)13-5-3-4-6-14(13)22-12(2)24/h3-6,10H,7-9H2,1-2H3,(H,21,25)(H,22,24). The Morgan fingerprint density at radius 2 is 2.00 bits per heavy atom. The summed E-state index contributed by atoms with van der Waals surface area (Å²) >= 11 is 1.28. The normalized spacial score (nSPS) is 12.5. The van der Waals surface area contributed by atoms with E-state index < -0.39 is 0 Å². The number of aryl methyl sites for hydroxylation is 1. The molecule has 0 saturated carbocycles. The van der Waals surface area contributed by atoms with Crippen LogP contribution in [0.4, 0.5) is 5.69 Å². The Bertz CT molecular complexity index is 1070. The average Bonchev–Trinajstić information content (AvgIpc) is 3.30. The molecule has 0 aliphatic carbocycles. The average molecular weight is 413 g/mol. The zero-order chi connectivity index (χ0) is 20.4. The number of benzene rings is 1. The number of oxazole rings is 1. The summed E-state index contributed by atoms with van der Waals surface area (Å²) in [4.78, 5) is 29.0. The number of thiophene rings is 1. The number of aromatic nitrogens is 1. The van der Waals surface area contributed by atoms with Crippen molar-refractivity contribution in [3.05, 3.63) is 46.0 Å². The van der Waals surface area contributed by atoms with Crippen molar-refractivity contribution in [2.75, 3.05) is 18.5 Å². The number of para-hydroxylation sites is 1. The third-order valence-corrected chi connectivity index (χ3v) is 5.22. The second-order valence-corrected chi connectivity index (χ2v) is 7.27. The summed E-state index contributed by atoms with van der Waals surface area (Å²) in [5.41, 5.74) is 1.88. The van der Waals surface area contributed by atoms with Gasteiger partial charge in [0.1, 0.15) is 29.5 Å². The van der Waals surface area contributed by atoms with Gasteiger partial charge < -0.3 is 24.5 Å². The maximum absolute atomic E-state index is 12.6. The molecule has 2 aromatic heterocycles. The first-order chi connectivity index (χ1) is 14.0. The fourth-order valence-corrected chi connectivity index (χ4v) is 3.79. The van der Waals surface area contributed by atoms with Crippen LogP contribution in [0.15, 0.2) is 34.1 Å². The molecule has 4 rings (SSSR count). The minimum Gasteiger partial charge on any atom is -0.485 e. The first-order valence-corrected chi connectivity index (χ1v) is 9.89. The van der Waals surface area contributed by atoms with Gasteiger partial charge in [-0.25, -0.2) is 4.98 Å². The smallest absolute Gasteiger partial charge is 0.265 e. The van der Waals surface area contributed by atoms with Crippen molar-refractivity contribution in [1.29, 1.82) is 0 Å². The number of anilines is 1. The molecule has 2 N–H and O–H groups in total. The number of fused-ring (bicyclic) bond motifs is 1. The predicted octanol–water partition coefficient (Wildman–Crippen LogP) is 3.37. The van der Waals surface area contributed by atoms with Crippen molar-refractivity contribution in [2.24, 2.45) is 0 Å². The quantitative estimate of drug-likeness (QED) is 0.665. The van der Waals surface area contributed by atoms with Crippen molar-refractivity contribution in [1.82, 2.24) is 10.3 Å². The third-order valence-electron chi connectivity index (χ3n) is 4.28. The largest absolute Gasteiger partial charge is 0.485 e. The number of hydrogen-bond acceptors (Lipinski definition) is 7. The molecule has 29 heavy (non-hydrogen) atoms. The lowest BCUT2D eigenvalue weighted by Gasteiger charge is -2.15. The summed E-state index contributed by atoms with van der Waals surface area (Å²) in [6.45, 7) is 4.32. The van der Waals surface area contributed by atoms with E-state index in [1.54, 1.807) is 18.4 Å². The van der Waals surface area contributed by atoms with Crippen molar-refractivity contribution in [3.8, 4) is 23.0 Å². The Labute approximate surface area is 170 Å². The van der Waals surface area contributed by atoms with Crippen LogP contribution >= 0.6 is 11.3 Å². The van der Waals surface area contributed by atoms with Crippen molar-refractivity contribution >= 4 is 28.8 Å². The van der Waals surface area contributed by atoms with Gasteiger partial charge in [0.15, 0.2) is 11.5 Å². The van der Waals surface area contributed by atoms with Crippen molar-refractivity contribution in [2.45, 2.75) is 20.4 Å². The molecule has 3 heterocycles. The Balaban J connectivity index is 1.50. The summed E-state index contributed by atoms with van der Waals surface area (Å²) in [6, 6.07) is 7.25. The summed E-state index contributed by atoms with van der Waals surface area (Å²) in [6.07, 6.45) is 0. The second-order valence-electron chi connectivity index (χ2n) is 6.39. The molecule has 1 aliphatic heterocycles. The fraction of sp³-hybridized carbons (Fsp3) is 0.250. The highest BCUT2D eigenvalue weighted by atomic mass is 32.1. The van der Waals surface area contributed by atoms with E-state index >= 15 is 0 Å². The molecule has 0 bridgehead atoms. The third kappa shape index (κ3) is 3.95. The molecule has 150 valence electrons. The van der Waals surface area contributed by atoms with Gasteiger partial charge in [-0.15, -0.1) is 11.3 Å². The van der Waals surface area contributed by atoms with Gasteiger partial charge in [-0.2, -0.15) is 0 Å². The number of rotatable bonds is 5. The molecule has 0 atom stereocenters. The van der Waals surface area contributed by atoms with E-state index in [1.807, 2.05) is 18.2 Å². The number of carbonyl (C=O) groups excluding carboxylic acids is 2. The minimum absolute atomic E-state index is 0.182. The maximum atomic E-state index is 12.6. The van der Waals surface area contributed by atoms with E-state index in [4.69, 9.17) is 13.9 Å². The summed E-state index contributed by atoms with van der Waals surface area (Å²) in [7, 11) is 0. The lowest BCUT2D eigenvalue weighted by molar-refractivity contribution is -0.114. The van der Waals surface area contributed by atoms with Gasteiger partial charge in [0.25, 0.3) is 5.91 Å². The Morgan fingerprint density at radius 3 is 2.83 bits per heavy atom. The molecular formula is C20H19N3O5S. The number of amides is 2. The van der Waals surface area contributed by atoms with Crippen molar-refractivity contribution < 1.29 is 23.5 Å². The van der Waals surface area contributed by atoms with Crippen LogP contribution in [-0.2, 0) is 11.3 Å². The summed E-state index contributed by atoms with van der Waals surface area (Å²) in [5.74, 6) is 1.61. The lowest BCUT2D eigenvalue weighted by atomic mass is 10.1. The number of ether oxygens (including phenoxy) is 2. The molecule has 9 heteroatoms. The molecule has 0 saturated heterocycles. The molecule has 3 aromatic rings. The van der Waals surface area contributed by atoms with Gasteiger partial charge in [-0.05, 0) is 19.1 Å². The van der Waals surface area contributed by atoms with E-state index in [0.717, 1.165) is 0 Å². The minimum atomic E-state index is -0.260. The highest BCUT2D eigenvalue weighted by Gasteiger charge is 2.24. The number of carbonyl (C=O) groups is 2. The van der Waals surface area contributed by atoms with Gasteiger partial charge in [0.05, 0.1) is 17.8 Å². The van der Waals surface area contributed by atoms with Crippen LogP contribution in [-0.4, -0.2) is 30.0 Å². The SMILES string of the molecule is CC(=O)Nc1ccccc1-c1nc(CNC(=O)c2scc3c2OCCO3)c(C)o1. The lowest BCUT2D eigenvalue weighted by Crippen LogP contribution is -2.24. The van der Waals surface area contributed by atoms with Crippen LogP contribution in [0.3, 0.4) is 0 Å². The number of nitrogens with zero attached hydrogens (tertiary/aromatic N) is 1. The van der Waals surface area contributed by atoms with E-state index in [-0.39, 0.29) is 18.4 Å². The number of nitrogens with one attached hydrogen (secondary N) is 2. The first kappa shape index (κ1) is 19.0. The Morgan fingerprint density at radius 1 is 1.21 bits per heavy atom. The summed E-state index contributed by atoms with van der Waals surface area (Å²) in [5, 5.41) is 7.38. The zero-order valence-corrected chi connectivity index (χ0v) is 16.7. The van der Waals surface area contributed by atoms with Gasteiger partial charge >= 0.3 is 0 Å². The van der Waals surface area contributed by atoms with E-state index in [2.05, 4.69) is 15.6 Å². The first-order valence-electron chi connectivity index (χ1n) is 9.01. The predicted molar refractivity (Wildman–Crippen MR) is 107 cm³/mol. The molecule has 2 amide bonds. The van der Waals surface area contributed by atoms with Gasteiger partial charge in [-0.3, -0.25) is 9.59 Å². The molecule has 0 radical (unpaired) electrons. The Hall–Kier alpha value is -3.33. The fourth-order valence-electron chi connectivity index (χ4n) is 2.94.